The van der Waals surface area contributed by atoms with Gasteiger partial charge in [0.25, 0.3) is 5.91 Å². The van der Waals surface area contributed by atoms with Crippen molar-refractivity contribution in [3.63, 3.8) is 0 Å². The van der Waals surface area contributed by atoms with Crippen molar-refractivity contribution in [1.82, 2.24) is 10.2 Å². The van der Waals surface area contributed by atoms with Crippen LogP contribution in [0.15, 0.2) is 47.3 Å². The lowest BCUT2D eigenvalue weighted by molar-refractivity contribution is -0.122. The van der Waals surface area contributed by atoms with Crippen LogP contribution in [-0.4, -0.2) is 42.5 Å². The molecule has 1 aliphatic rings. The van der Waals surface area contributed by atoms with Crippen LogP contribution in [0.1, 0.15) is 29.6 Å². The molecule has 0 spiro atoms. The van der Waals surface area contributed by atoms with E-state index in [9.17, 15) is 9.59 Å². The number of halogens is 1. The first-order chi connectivity index (χ1) is 12.6. The second kappa shape index (κ2) is 8.76. The van der Waals surface area contributed by atoms with E-state index in [-0.39, 0.29) is 24.3 Å². The van der Waals surface area contributed by atoms with E-state index in [0.29, 0.717) is 36.0 Å². The van der Waals surface area contributed by atoms with Crippen LogP contribution in [0.3, 0.4) is 0 Å². The molecule has 0 unspecified atom stereocenters. The highest BCUT2D eigenvalue weighted by Crippen LogP contribution is 2.16. The van der Waals surface area contributed by atoms with E-state index in [1.807, 2.05) is 0 Å². The first-order valence-corrected chi connectivity index (χ1v) is 8.99. The molecule has 1 aromatic heterocycles. The molecule has 26 heavy (non-hydrogen) atoms. The maximum Gasteiger partial charge on any atom is 0.257 e. The Morgan fingerprint density at radius 2 is 1.92 bits per heavy atom. The third-order valence-electron chi connectivity index (χ3n) is 4.33. The van der Waals surface area contributed by atoms with Crippen LogP contribution in [-0.2, 0) is 4.79 Å². The second-order valence-electron chi connectivity index (χ2n) is 6.20. The Labute approximate surface area is 157 Å². The molecule has 0 aliphatic carbocycles. The molecule has 1 N–H and O–H groups in total. The van der Waals surface area contributed by atoms with Crippen molar-refractivity contribution in [2.45, 2.75) is 25.3 Å². The zero-order valence-electron chi connectivity index (χ0n) is 14.3. The molecule has 2 heterocycles. The van der Waals surface area contributed by atoms with Gasteiger partial charge in [0.2, 0.25) is 5.91 Å². The lowest BCUT2D eigenvalue weighted by atomic mass is 10.0. The van der Waals surface area contributed by atoms with E-state index in [1.54, 1.807) is 35.2 Å². The molecule has 138 valence electrons. The number of piperidine rings is 1. The summed E-state index contributed by atoms with van der Waals surface area (Å²) in [4.78, 5) is 26.1. The van der Waals surface area contributed by atoms with Crippen LogP contribution in [0.5, 0.6) is 5.75 Å². The fourth-order valence-corrected chi connectivity index (χ4v) is 3.01. The molecule has 0 saturated carbocycles. The molecule has 1 fully saturated rings. The van der Waals surface area contributed by atoms with Gasteiger partial charge in [0.1, 0.15) is 12.0 Å². The summed E-state index contributed by atoms with van der Waals surface area (Å²) in [5, 5.41) is 3.66. The van der Waals surface area contributed by atoms with E-state index in [0.717, 1.165) is 12.8 Å². The quantitative estimate of drug-likeness (QED) is 0.840. The predicted octanol–water partition coefficient (Wildman–Crippen LogP) is 3.12. The highest BCUT2D eigenvalue weighted by atomic mass is 35.5. The minimum Gasteiger partial charge on any atom is -0.493 e. The molecule has 3 rings (SSSR count). The van der Waals surface area contributed by atoms with Crippen molar-refractivity contribution in [2.75, 3.05) is 19.7 Å². The largest absolute Gasteiger partial charge is 0.493 e. The fourth-order valence-electron chi connectivity index (χ4n) is 2.89. The molecule has 1 aliphatic heterocycles. The number of likely N-dealkylation sites (tertiary alicyclic amines) is 1. The third-order valence-corrected chi connectivity index (χ3v) is 4.58. The minimum atomic E-state index is -0.0430. The molecular weight excluding hydrogens is 356 g/mol. The highest BCUT2D eigenvalue weighted by Gasteiger charge is 2.24. The lowest BCUT2D eigenvalue weighted by Gasteiger charge is -2.32. The van der Waals surface area contributed by atoms with E-state index in [4.69, 9.17) is 20.8 Å². The first-order valence-electron chi connectivity index (χ1n) is 8.61. The Hall–Kier alpha value is -2.47. The fraction of sp³-hybridized carbons (Fsp3) is 0.368. The van der Waals surface area contributed by atoms with Crippen LogP contribution >= 0.6 is 11.6 Å². The molecule has 2 aromatic rings. The van der Waals surface area contributed by atoms with Crippen molar-refractivity contribution in [3.8, 4) is 5.75 Å². The zero-order valence-corrected chi connectivity index (χ0v) is 15.1. The van der Waals surface area contributed by atoms with Gasteiger partial charge in [-0.15, -0.1) is 0 Å². The Morgan fingerprint density at radius 3 is 2.58 bits per heavy atom. The Kier molecular flexibility index (Phi) is 6.17. The van der Waals surface area contributed by atoms with Gasteiger partial charge in [0.05, 0.1) is 24.9 Å². The first kappa shape index (κ1) is 18.3. The summed E-state index contributed by atoms with van der Waals surface area (Å²) in [5.74, 6) is 0.617. The normalized spacial score (nSPS) is 14.9. The Bertz CT molecular complexity index is 723. The number of nitrogens with zero attached hydrogens (tertiary/aromatic N) is 1. The maximum absolute atomic E-state index is 12.2. The predicted molar refractivity (Wildman–Crippen MR) is 97.3 cm³/mol. The monoisotopic (exact) mass is 376 g/mol. The smallest absolute Gasteiger partial charge is 0.257 e. The summed E-state index contributed by atoms with van der Waals surface area (Å²) in [6.07, 6.45) is 4.72. The topological polar surface area (TPSA) is 71.8 Å². The van der Waals surface area contributed by atoms with E-state index in [2.05, 4.69) is 5.32 Å². The number of ether oxygens (including phenoxy) is 1. The van der Waals surface area contributed by atoms with Crippen molar-refractivity contribution in [1.29, 1.82) is 0 Å². The molecule has 0 bridgehead atoms. The van der Waals surface area contributed by atoms with Gasteiger partial charge in [0.15, 0.2) is 0 Å². The second-order valence-corrected chi connectivity index (χ2v) is 6.63. The molecule has 1 aromatic carbocycles. The number of hydrogen-bond acceptors (Lipinski definition) is 4. The van der Waals surface area contributed by atoms with Crippen LogP contribution in [0.2, 0.25) is 5.02 Å². The van der Waals surface area contributed by atoms with Crippen molar-refractivity contribution in [3.05, 3.63) is 53.4 Å². The van der Waals surface area contributed by atoms with E-state index < -0.39 is 0 Å². The van der Waals surface area contributed by atoms with Crippen LogP contribution < -0.4 is 10.1 Å². The number of hydrogen-bond donors (Lipinski definition) is 1. The van der Waals surface area contributed by atoms with Gasteiger partial charge in [0, 0.05) is 24.2 Å². The molecule has 1 saturated heterocycles. The number of rotatable bonds is 6. The number of furan rings is 1. The Balaban J connectivity index is 1.35. The van der Waals surface area contributed by atoms with Crippen molar-refractivity contribution >= 4 is 23.4 Å². The van der Waals surface area contributed by atoms with Gasteiger partial charge in [-0.1, -0.05) is 11.6 Å². The number of amides is 2. The average molecular weight is 377 g/mol. The average Bonchev–Trinajstić information content (AvgIpc) is 3.18. The third kappa shape index (κ3) is 5.02. The van der Waals surface area contributed by atoms with Gasteiger partial charge in [-0.2, -0.15) is 0 Å². The van der Waals surface area contributed by atoms with Crippen molar-refractivity contribution in [2.24, 2.45) is 0 Å². The Morgan fingerprint density at radius 1 is 1.19 bits per heavy atom. The van der Waals surface area contributed by atoms with Gasteiger partial charge in [-0.05, 0) is 43.2 Å². The van der Waals surface area contributed by atoms with Gasteiger partial charge in [-0.3, -0.25) is 9.59 Å². The SMILES string of the molecule is O=C(CCOc1ccc(Cl)cc1)NC1CCN(C(=O)c2ccoc2)CC1. The highest BCUT2D eigenvalue weighted by molar-refractivity contribution is 6.30. The number of carbonyl (C=O) groups excluding carboxylic acids is 2. The molecule has 0 atom stereocenters. The summed E-state index contributed by atoms with van der Waals surface area (Å²) in [5.41, 5.74) is 0.562. The lowest BCUT2D eigenvalue weighted by Crippen LogP contribution is -2.46. The summed E-state index contributed by atoms with van der Waals surface area (Å²) in [7, 11) is 0. The number of nitrogens with one attached hydrogen (secondary N) is 1. The summed E-state index contributed by atoms with van der Waals surface area (Å²) >= 11 is 5.81. The van der Waals surface area contributed by atoms with E-state index in [1.165, 1.54) is 12.5 Å². The molecule has 0 radical (unpaired) electrons. The van der Waals surface area contributed by atoms with E-state index >= 15 is 0 Å². The van der Waals surface area contributed by atoms with Crippen LogP contribution in [0, 0.1) is 0 Å². The summed E-state index contributed by atoms with van der Waals surface area (Å²) < 4.78 is 10.5. The summed E-state index contributed by atoms with van der Waals surface area (Å²) in [6.45, 7) is 1.55. The van der Waals surface area contributed by atoms with Crippen LogP contribution in [0.25, 0.3) is 0 Å². The molecule has 7 heteroatoms. The van der Waals surface area contributed by atoms with Gasteiger partial charge >= 0.3 is 0 Å². The molecule has 2 amide bonds. The maximum atomic E-state index is 12.2. The molecular formula is C19H21ClN2O4. The molecule has 6 nitrogen and oxygen atoms in total. The minimum absolute atomic E-state index is 0.0279. The van der Waals surface area contributed by atoms with Crippen LogP contribution in [0.4, 0.5) is 0 Å². The summed E-state index contributed by atoms with van der Waals surface area (Å²) in [6, 6.07) is 8.79. The number of benzene rings is 1. The number of carbonyl (C=O) groups is 2. The standard InChI is InChI=1S/C19H21ClN2O4/c20-15-1-3-17(4-2-15)26-12-8-18(23)21-16-5-9-22(10-6-16)19(24)14-7-11-25-13-14/h1-4,7,11,13,16H,5-6,8-10,12H2,(H,21,23). The van der Waals surface area contributed by atoms with Crippen molar-refractivity contribution < 1.29 is 18.7 Å². The van der Waals surface area contributed by atoms with Gasteiger partial charge in [-0.25, -0.2) is 0 Å². The van der Waals surface area contributed by atoms with Gasteiger partial charge < -0.3 is 19.4 Å². The zero-order chi connectivity index (χ0) is 18.4.